The topological polar surface area (TPSA) is 29.3 Å². The average molecular weight is 220 g/mol. The van der Waals surface area contributed by atoms with E-state index in [1.54, 1.807) is 6.92 Å². The van der Waals surface area contributed by atoms with Crippen molar-refractivity contribution in [1.29, 1.82) is 0 Å². The fraction of sp³-hybridized carbons (Fsp3) is 0.800. The van der Waals surface area contributed by atoms with Gasteiger partial charge in [-0.3, -0.25) is 0 Å². The Hall–Kier alpha value is -0.710. The molecule has 0 amide bonds. The van der Waals surface area contributed by atoms with Gasteiger partial charge in [-0.1, -0.05) is 6.08 Å². The molecular weight excluding hydrogens is 205 g/mol. The maximum Gasteiger partial charge on any atom is 0.397 e. The number of nitrogens with two attached hydrogens (primary N) is 1. The number of halogens is 3. The number of hydrogen-bond acceptors (Lipinski definition) is 2. The van der Waals surface area contributed by atoms with Gasteiger partial charge in [0, 0.05) is 30.7 Å². The van der Waals surface area contributed by atoms with Crippen LogP contribution in [0, 0.1) is 5.92 Å². The molecule has 3 atom stereocenters. The maximum absolute atomic E-state index is 12.6. The summed E-state index contributed by atoms with van der Waals surface area (Å²) in [5, 5.41) is 0. The van der Waals surface area contributed by atoms with Crippen LogP contribution >= 0.6 is 0 Å². The van der Waals surface area contributed by atoms with Crippen molar-refractivity contribution in [2.75, 3.05) is 6.54 Å². The minimum absolute atomic E-state index is 0.0201. The number of fused-ring (bicyclic) bond motifs is 1. The highest BCUT2D eigenvalue weighted by Gasteiger charge is 2.48. The van der Waals surface area contributed by atoms with Crippen molar-refractivity contribution in [2.45, 2.75) is 38.0 Å². The first-order valence-electron chi connectivity index (χ1n) is 5.19. The van der Waals surface area contributed by atoms with Crippen molar-refractivity contribution < 1.29 is 13.2 Å². The first-order chi connectivity index (χ1) is 6.89. The van der Waals surface area contributed by atoms with Gasteiger partial charge >= 0.3 is 6.18 Å². The second-order valence-electron chi connectivity index (χ2n) is 4.41. The van der Waals surface area contributed by atoms with Gasteiger partial charge in [0.15, 0.2) is 0 Å². The van der Waals surface area contributed by atoms with Gasteiger partial charge in [-0.05, 0) is 13.3 Å². The average Bonchev–Trinajstić information content (AvgIpc) is 2.42. The summed E-state index contributed by atoms with van der Waals surface area (Å²) in [7, 11) is 0. The van der Waals surface area contributed by atoms with Crippen LogP contribution in [0.5, 0.6) is 0 Å². The molecule has 1 fully saturated rings. The Kier molecular flexibility index (Phi) is 2.45. The summed E-state index contributed by atoms with van der Waals surface area (Å²) >= 11 is 0. The van der Waals surface area contributed by atoms with Gasteiger partial charge < -0.3 is 10.6 Å². The second kappa shape index (κ2) is 3.40. The van der Waals surface area contributed by atoms with Crippen LogP contribution in [-0.4, -0.2) is 29.7 Å². The van der Waals surface area contributed by atoms with E-state index in [2.05, 4.69) is 0 Å². The molecule has 0 radical (unpaired) electrons. The summed E-state index contributed by atoms with van der Waals surface area (Å²) in [5.41, 5.74) is 6.52. The van der Waals surface area contributed by atoms with E-state index in [0.29, 0.717) is 13.0 Å². The molecular formula is C10H15F3N2. The monoisotopic (exact) mass is 220 g/mol. The van der Waals surface area contributed by atoms with Gasteiger partial charge in [-0.25, -0.2) is 0 Å². The molecule has 5 heteroatoms. The van der Waals surface area contributed by atoms with E-state index >= 15 is 0 Å². The predicted molar refractivity (Wildman–Crippen MR) is 51.0 cm³/mol. The van der Waals surface area contributed by atoms with Gasteiger partial charge in [-0.15, -0.1) is 0 Å². The van der Waals surface area contributed by atoms with Gasteiger partial charge in [0.05, 0.1) is 5.92 Å². The quantitative estimate of drug-likeness (QED) is 0.675. The molecule has 2 aliphatic rings. The number of alkyl halides is 3. The van der Waals surface area contributed by atoms with E-state index in [9.17, 15) is 13.2 Å². The molecule has 0 aromatic rings. The zero-order chi connectivity index (χ0) is 11.2. The molecule has 0 aromatic heterocycles. The molecule has 0 bridgehead atoms. The molecule has 86 valence electrons. The van der Waals surface area contributed by atoms with Crippen LogP contribution in [0.1, 0.15) is 19.8 Å². The van der Waals surface area contributed by atoms with E-state index in [0.717, 1.165) is 12.1 Å². The van der Waals surface area contributed by atoms with Crippen molar-refractivity contribution in [1.82, 2.24) is 4.90 Å². The Morgan fingerprint density at radius 3 is 2.73 bits per heavy atom. The molecule has 3 unspecified atom stereocenters. The van der Waals surface area contributed by atoms with E-state index in [1.165, 1.54) is 6.08 Å². The van der Waals surface area contributed by atoms with Gasteiger partial charge in [0.1, 0.15) is 0 Å². The first kappa shape index (κ1) is 10.8. The molecule has 2 aliphatic heterocycles. The summed E-state index contributed by atoms with van der Waals surface area (Å²) in [5.74, 6) is -1.32. The lowest BCUT2D eigenvalue weighted by Gasteiger charge is -2.35. The Labute approximate surface area is 86.9 Å². The summed E-state index contributed by atoms with van der Waals surface area (Å²) in [4.78, 5) is 1.85. The summed E-state index contributed by atoms with van der Waals surface area (Å²) in [6.45, 7) is 2.29. The van der Waals surface area contributed by atoms with Crippen molar-refractivity contribution in [3.63, 3.8) is 0 Å². The minimum Gasteiger partial charge on any atom is -0.371 e. The van der Waals surface area contributed by atoms with E-state index in [4.69, 9.17) is 5.73 Å². The highest BCUT2D eigenvalue weighted by Crippen LogP contribution is 2.41. The smallest absolute Gasteiger partial charge is 0.371 e. The van der Waals surface area contributed by atoms with Crippen LogP contribution in [0.25, 0.3) is 0 Å². The SMILES string of the molecule is CC1C(C(F)(F)F)C=C2CC(N)CCN21. The molecule has 2 rings (SSSR count). The first-order valence-corrected chi connectivity index (χ1v) is 5.19. The lowest BCUT2D eigenvalue weighted by atomic mass is 10.0. The molecule has 2 nitrogen and oxygen atoms in total. The highest BCUT2D eigenvalue weighted by molar-refractivity contribution is 5.19. The Balaban J connectivity index is 2.19. The predicted octanol–water partition coefficient (Wildman–Crippen LogP) is 1.87. The number of rotatable bonds is 0. The Bertz CT molecular complexity index is 285. The zero-order valence-corrected chi connectivity index (χ0v) is 8.59. The second-order valence-corrected chi connectivity index (χ2v) is 4.41. The summed E-state index contributed by atoms with van der Waals surface area (Å²) < 4.78 is 37.9. The standard InChI is InChI=1S/C10H15F3N2/c1-6-9(10(11,12)13)5-8-4-7(14)2-3-15(6)8/h5-7,9H,2-4,14H2,1H3. The molecule has 2 N–H and O–H groups in total. The lowest BCUT2D eigenvalue weighted by Crippen LogP contribution is -2.43. The van der Waals surface area contributed by atoms with Gasteiger partial charge in [0.25, 0.3) is 0 Å². The van der Waals surface area contributed by atoms with Crippen LogP contribution in [0.3, 0.4) is 0 Å². The van der Waals surface area contributed by atoms with E-state index in [-0.39, 0.29) is 6.04 Å². The number of nitrogens with zero attached hydrogens (tertiary/aromatic N) is 1. The third-order valence-electron chi connectivity index (χ3n) is 3.34. The van der Waals surface area contributed by atoms with Crippen molar-refractivity contribution >= 4 is 0 Å². The maximum atomic E-state index is 12.6. The van der Waals surface area contributed by atoms with Crippen LogP contribution in [0.2, 0.25) is 0 Å². The van der Waals surface area contributed by atoms with Crippen LogP contribution < -0.4 is 5.73 Å². The van der Waals surface area contributed by atoms with Crippen LogP contribution in [0.4, 0.5) is 13.2 Å². The normalized spacial score (nSPS) is 36.5. The number of piperidine rings is 1. The van der Waals surface area contributed by atoms with Crippen molar-refractivity contribution in [3.8, 4) is 0 Å². The highest BCUT2D eigenvalue weighted by atomic mass is 19.4. The largest absolute Gasteiger partial charge is 0.397 e. The fourth-order valence-corrected chi connectivity index (χ4v) is 2.47. The third kappa shape index (κ3) is 1.85. The molecule has 0 aliphatic carbocycles. The van der Waals surface area contributed by atoms with Gasteiger partial charge in [-0.2, -0.15) is 13.2 Å². The fourth-order valence-electron chi connectivity index (χ4n) is 2.47. The zero-order valence-electron chi connectivity index (χ0n) is 8.59. The molecule has 1 saturated heterocycles. The van der Waals surface area contributed by atoms with Gasteiger partial charge in [0.2, 0.25) is 0 Å². The Morgan fingerprint density at radius 2 is 2.13 bits per heavy atom. The Morgan fingerprint density at radius 1 is 1.47 bits per heavy atom. The molecule has 0 spiro atoms. The van der Waals surface area contributed by atoms with Crippen molar-refractivity contribution in [3.05, 3.63) is 11.8 Å². The van der Waals surface area contributed by atoms with Crippen LogP contribution in [0.15, 0.2) is 11.8 Å². The minimum atomic E-state index is -4.13. The van der Waals surface area contributed by atoms with Crippen molar-refractivity contribution in [2.24, 2.45) is 11.7 Å². The molecule has 0 saturated carbocycles. The molecule has 15 heavy (non-hydrogen) atoms. The van der Waals surface area contributed by atoms with E-state index in [1.807, 2.05) is 4.90 Å². The van der Waals surface area contributed by atoms with Crippen LogP contribution in [-0.2, 0) is 0 Å². The summed E-state index contributed by atoms with van der Waals surface area (Å²) in [6.07, 6.45) is -1.42. The third-order valence-corrected chi connectivity index (χ3v) is 3.34. The number of hydrogen-bond donors (Lipinski definition) is 1. The summed E-state index contributed by atoms with van der Waals surface area (Å²) in [6, 6.07) is -0.445. The molecule has 2 heterocycles. The molecule has 0 aromatic carbocycles. The lowest BCUT2D eigenvalue weighted by molar-refractivity contribution is -0.169. The van der Waals surface area contributed by atoms with E-state index < -0.39 is 18.1 Å².